The normalized spacial score (nSPS) is 10.4. The van der Waals surface area contributed by atoms with E-state index in [-0.39, 0.29) is 5.91 Å². The summed E-state index contributed by atoms with van der Waals surface area (Å²) in [7, 11) is 0. The number of rotatable bonds is 4. The summed E-state index contributed by atoms with van der Waals surface area (Å²) in [6, 6.07) is 11.0. The number of halogens is 2. The lowest BCUT2D eigenvalue weighted by Crippen LogP contribution is -2.14. The number of nitrogen functional groups attached to an aromatic ring is 1. The van der Waals surface area contributed by atoms with Crippen molar-refractivity contribution in [2.75, 3.05) is 16.8 Å². The third-order valence-corrected chi connectivity index (χ3v) is 5.02. The molecule has 0 fully saturated rings. The van der Waals surface area contributed by atoms with Crippen molar-refractivity contribution in [2.45, 2.75) is 11.8 Å². The van der Waals surface area contributed by atoms with Crippen molar-refractivity contribution in [3.05, 3.63) is 51.5 Å². The predicted octanol–water partition coefficient (Wildman–Crippen LogP) is 4.72. The predicted molar refractivity (Wildman–Crippen MR) is 94.1 cm³/mol. The summed E-state index contributed by atoms with van der Waals surface area (Å²) < 4.78 is 0.883. The van der Waals surface area contributed by atoms with Crippen LogP contribution in [-0.2, 0) is 4.79 Å². The van der Waals surface area contributed by atoms with Crippen LogP contribution in [0.25, 0.3) is 0 Å². The Morgan fingerprint density at radius 1 is 1.33 bits per heavy atom. The van der Waals surface area contributed by atoms with E-state index in [1.807, 2.05) is 37.3 Å². The molecular weight excluding hydrogens is 372 g/mol. The Hall–Kier alpha value is -1.17. The fourth-order valence-electron chi connectivity index (χ4n) is 1.69. The number of carbonyl (C=O) groups is 1. The Balaban J connectivity index is 1.96. The van der Waals surface area contributed by atoms with Crippen LogP contribution in [0.2, 0.25) is 5.02 Å². The van der Waals surface area contributed by atoms with Gasteiger partial charge in [0, 0.05) is 15.1 Å². The lowest BCUT2D eigenvalue weighted by molar-refractivity contribution is -0.113. The molecule has 0 heterocycles. The van der Waals surface area contributed by atoms with Crippen molar-refractivity contribution >= 4 is 56.6 Å². The molecule has 0 atom stereocenters. The Morgan fingerprint density at radius 2 is 2.10 bits per heavy atom. The fourth-order valence-corrected chi connectivity index (χ4v) is 3.43. The van der Waals surface area contributed by atoms with E-state index in [1.54, 1.807) is 6.07 Å². The second-order valence-corrected chi connectivity index (χ2v) is 6.79. The van der Waals surface area contributed by atoms with E-state index in [4.69, 9.17) is 17.3 Å². The van der Waals surface area contributed by atoms with Crippen LogP contribution >= 0.6 is 39.3 Å². The molecule has 3 N–H and O–H groups in total. The number of carbonyl (C=O) groups excluding carboxylic acids is 1. The third kappa shape index (κ3) is 4.66. The topological polar surface area (TPSA) is 55.1 Å². The van der Waals surface area contributed by atoms with Gasteiger partial charge in [-0.05, 0) is 58.7 Å². The highest BCUT2D eigenvalue weighted by Crippen LogP contribution is 2.29. The van der Waals surface area contributed by atoms with Crippen molar-refractivity contribution < 1.29 is 4.79 Å². The molecule has 0 unspecified atom stereocenters. The molecule has 1 amide bonds. The molecule has 2 aromatic rings. The molecule has 0 spiro atoms. The molecule has 0 saturated heterocycles. The molecule has 2 aromatic carbocycles. The van der Waals surface area contributed by atoms with Gasteiger partial charge in [0.1, 0.15) is 0 Å². The zero-order valence-electron chi connectivity index (χ0n) is 11.3. The third-order valence-electron chi connectivity index (χ3n) is 2.71. The van der Waals surface area contributed by atoms with E-state index in [9.17, 15) is 4.79 Å². The summed E-state index contributed by atoms with van der Waals surface area (Å²) in [6.07, 6.45) is 0. The Labute approximate surface area is 141 Å². The van der Waals surface area contributed by atoms with Crippen LogP contribution < -0.4 is 11.1 Å². The quantitative estimate of drug-likeness (QED) is 0.591. The van der Waals surface area contributed by atoms with Crippen molar-refractivity contribution in [2.24, 2.45) is 0 Å². The summed E-state index contributed by atoms with van der Waals surface area (Å²) in [4.78, 5) is 12.9. The summed E-state index contributed by atoms with van der Waals surface area (Å²) in [5.41, 5.74) is 8.05. The lowest BCUT2D eigenvalue weighted by Gasteiger charge is -2.08. The first kappa shape index (κ1) is 16.2. The van der Waals surface area contributed by atoms with Crippen molar-refractivity contribution in [3.8, 4) is 0 Å². The summed E-state index contributed by atoms with van der Waals surface area (Å²) in [5.74, 6) is 0.196. The number of benzene rings is 2. The van der Waals surface area contributed by atoms with Gasteiger partial charge in [-0.15, -0.1) is 11.8 Å². The minimum absolute atomic E-state index is 0.102. The van der Waals surface area contributed by atoms with Crippen molar-refractivity contribution in [3.63, 3.8) is 0 Å². The highest BCUT2D eigenvalue weighted by molar-refractivity contribution is 9.10. The maximum absolute atomic E-state index is 12.0. The van der Waals surface area contributed by atoms with E-state index in [0.29, 0.717) is 22.2 Å². The van der Waals surface area contributed by atoms with E-state index in [1.165, 1.54) is 11.8 Å². The summed E-state index contributed by atoms with van der Waals surface area (Å²) in [6.45, 7) is 1.95. The van der Waals surface area contributed by atoms with Crippen LogP contribution in [0.1, 0.15) is 5.56 Å². The molecule has 0 aromatic heterocycles. The Bertz CT molecular complexity index is 679. The molecule has 110 valence electrons. The number of nitrogens with two attached hydrogens (primary N) is 1. The Kier molecular flexibility index (Phi) is 5.56. The number of thioether (sulfide) groups is 1. The van der Waals surface area contributed by atoms with E-state index < -0.39 is 0 Å². The van der Waals surface area contributed by atoms with Crippen LogP contribution in [0, 0.1) is 6.92 Å². The van der Waals surface area contributed by atoms with Gasteiger partial charge in [0.15, 0.2) is 0 Å². The lowest BCUT2D eigenvalue weighted by atomic mass is 10.2. The van der Waals surface area contributed by atoms with Gasteiger partial charge in [-0.3, -0.25) is 4.79 Å². The van der Waals surface area contributed by atoms with Crippen LogP contribution in [0.5, 0.6) is 0 Å². The van der Waals surface area contributed by atoms with Crippen molar-refractivity contribution in [1.82, 2.24) is 0 Å². The van der Waals surface area contributed by atoms with Gasteiger partial charge in [-0.25, -0.2) is 0 Å². The first-order valence-electron chi connectivity index (χ1n) is 6.19. The van der Waals surface area contributed by atoms with E-state index in [0.717, 1.165) is 14.9 Å². The second kappa shape index (κ2) is 7.20. The highest BCUT2D eigenvalue weighted by Gasteiger charge is 2.08. The first-order chi connectivity index (χ1) is 9.95. The molecule has 0 radical (unpaired) electrons. The van der Waals surface area contributed by atoms with E-state index >= 15 is 0 Å². The molecule has 21 heavy (non-hydrogen) atoms. The largest absolute Gasteiger partial charge is 0.399 e. The molecule has 3 nitrogen and oxygen atoms in total. The van der Waals surface area contributed by atoms with Crippen LogP contribution in [0.3, 0.4) is 0 Å². The maximum atomic E-state index is 12.0. The second-order valence-electron chi connectivity index (χ2n) is 4.51. The van der Waals surface area contributed by atoms with Gasteiger partial charge in [0.2, 0.25) is 5.91 Å². The molecule has 2 rings (SSSR count). The monoisotopic (exact) mass is 384 g/mol. The van der Waals surface area contributed by atoms with Crippen molar-refractivity contribution in [1.29, 1.82) is 0 Å². The Morgan fingerprint density at radius 3 is 2.76 bits per heavy atom. The first-order valence-corrected chi connectivity index (χ1v) is 8.35. The number of amides is 1. The molecule has 6 heteroatoms. The number of hydrogen-bond acceptors (Lipinski definition) is 3. The summed E-state index contributed by atoms with van der Waals surface area (Å²) in [5, 5.41) is 3.35. The fraction of sp³-hybridized carbons (Fsp3) is 0.133. The van der Waals surface area contributed by atoms with Gasteiger partial charge in [-0.1, -0.05) is 17.7 Å². The SMILES string of the molecule is Cc1ccc(NC(=O)CSc2ccc(N)cc2Br)c(Cl)c1. The minimum Gasteiger partial charge on any atom is -0.399 e. The molecule has 0 aliphatic rings. The smallest absolute Gasteiger partial charge is 0.234 e. The zero-order chi connectivity index (χ0) is 15.4. The average Bonchev–Trinajstić information content (AvgIpc) is 2.41. The van der Waals surface area contributed by atoms with Gasteiger partial charge in [-0.2, -0.15) is 0 Å². The van der Waals surface area contributed by atoms with Crippen LogP contribution in [0.4, 0.5) is 11.4 Å². The highest BCUT2D eigenvalue weighted by atomic mass is 79.9. The van der Waals surface area contributed by atoms with Crippen LogP contribution in [0.15, 0.2) is 45.8 Å². The van der Waals surface area contributed by atoms with Gasteiger partial charge in [0.05, 0.1) is 16.5 Å². The maximum Gasteiger partial charge on any atom is 0.234 e. The number of nitrogens with one attached hydrogen (secondary N) is 1. The summed E-state index contributed by atoms with van der Waals surface area (Å²) >= 11 is 11.0. The van der Waals surface area contributed by atoms with E-state index in [2.05, 4.69) is 21.2 Å². The van der Waals surface area contributed by atoms with Gasteiger partial charge in [0.25, 0.3) is 0 Å². The van der Waals surface area contributed by atoms with Gasteiger partial charge < -0.3 is 11.1 Å². The standard InChI is InChI=1S/C15H14BrClN2OS/c1-9-2-4-13(12(17)6-9)19-15(20)8-21-14-5-3-10(18)7-11(14)16/h2-7H,8,18H2,1H3,(H,19,20). The minimum atomic E-state index is -0.102. The average molecular weight is 386 g/mol. The molecular formula is C15H14BrClN2OS. The molecule has 0 saturated carbocycles. The molecule has 0 bridgehead atoms. The number of hydrogen-bond donors (Lipinski definition) is 2. The number of anilines is 2. The molecule has 0 aliphatic heterocycles. The van der Waals surface area contributed by atoms with Crippen LogP contribution in [-0.4, -0.2) is 11.7 Å². The van der Waals surface area contributed by atoms with Gasteiger partial charge >= 0.3 is 0 Å². The molecule has 0 aliphatic carbocycles. The number of aryl methyl sites for hydroxylation is 1. The zero-order valence-corrected chi connectivity index (χ0v) is 14.5.